The maximum absolute atomic E-state index is 14.9. The standard InChI is InChI=1S/C15H18F10O4/c1-5-7(3)8(26)28-10(6-2)11(16,17)9(4,14(20,21)22)29-13(27,12(10,18)19)15(23,24)25/h7,27H,5-6H2,1-4H3. The van der Waals surface area contributed by atoms with E-state index in [9.17, 15) is 53.8 Å². The molecule has 0 spiro atoms. The molecule has 1 aliphatic heterocycles. The van der Waals surface area contributed by atoms with Crippen molar-refractivity contribution in [3.63, 3.8) is 0 Å². The lowest BCUT2D eigenvalue weighted by Crippen LogP contribution is -2.87. The minimum atomic E-state index is -6.68. The Bertz CT molecular complexity index is 606. The molecule has 0 aromatic heterocycles. The van der Waals surface area contributed by atoms with Crippen molar-refractivity contribution in [3.05, 3.63) is 0 Å². The fraction of sp³-hybridized carbons (Fsp3) is 0.933. The Labute approximate surface area is 158 Å². The van der Waals surface area contributed by atoms with Crippen molar-refractivity contribution in [1.82, 2.24) is 0 Å². The van der Waals surface area contributed by atoms with Crippen LogP contribution in [0.3, 0.4) is 0 Å². The van der Waals surface area contributed by atoms with Crippen molar-refractivity contribution >= 4 is 5.97 Å². The smallest absolute Gasteiger partial charge is 0.445 e. The second-order valence-electron chi connectivity index (χ2n) is 6.83. The third-order valence-corrected chi connectivity index (χ3v) is 5.10. The number of alkyl halides is 10. The molecular formula is C15H18F10O4. The van der Waals surface area contributed by atoms with Crippen molar-refractivity contribution in [3.8, 4) is 0 Å². The minimum Gasteiger partial charge on any atom is -0.445 e. The molecule has 4 unspecified atom stereocenters. The summed E-state index contributed by atoms with van der Waals surface area (Å²) in [4.78, 5) is 11.9. The van der Waals surface area contributed by atoms with Crippen molar-refractivity contribution < 1.29 is 63.3 Å². The molecule has 4 atom stereocenters. The number of halogens is 10. The Kier molecular flexibility index (Phi) is 6.08. The van der Waals surface area contributed by atoms with E-state index in [1.54, 1.807) is 0 Å². The molecule has 0 amide bonds. The summed E-state index contributed by atoms with van der Waals surface area (Å²) in [6.45, 7) is 1.96. The zero-order chi connectivity index (χ0) is 23.5. The molecule has 0 radical (unpaired) electrons. The molecule has 1 rings (SSSR count). The maximum Gasteiger partial charge on any atom is 0.449 e. The number of hydrogen-bond acceptors (Lipinski definition) is 4. The second-order valence-corrected chi connectivity index (χ2v) is 6.83. The molecule has 0 aromatic carbocycles. The minimum absolute atomic E-state index is 0.216. The zero-order valence-corrected chi connectivity index (χ0v) is 15.4. The summed E-state index contributed by atoms with van der Waals surface area (Å²) in [5, 5.41) is 9.52. The first kappa shape index (κ1) is 25.7. The van der Waals surface area contributed by atoms with Crippen LogP contribution in [0.5, 0.6) is 0 Å². The van der Waals surface area contributed by atoms with Crippen molar-refractivity contribution in [2.45, 2.75) is 81.7 Å². The lowest BCUT2D eigenvalue weighted by atomic mass is 9.70. The third-order valence-electron chi connectivity index (χ3n) is 5.10. The molecule has 4 nitrogen and oxygen atoms in total. The van der Waals surface area contributed by atoms with Gasteiger partial charge in [-0.1, -0.05) is 20.8 Å². The fourth-order valence-electron chi connectivity index (χ4n) is 2.83. The SMILES string of the molecule is CCC(C)C(=O)OC1(CC)C(F)(F)C(C)(C(F)(F)F)OC(O)(C(F)(F)F)C1(F)F. The van der Waals surface area contributed by atoms with Gasteiger partial charge in [-0.2, -0.15) is 43.9 Å². The number of ether oxygens (including phenoxy) is 2. The van der Waals surface area contributed by atoms with Crippen molar-refractivity contribution in [2.75, 3.05) is 0 Å². The van der Waals surface area contributed by atoms with Gasteiger partial charge in [0.05, 0.1) is 5.92 Å². The summed E-state index contributed by atoms with van der Waals surface area (Å²) in [5.74, 6) is -21.5. The van der Waals surface area contributed by atoms with Gasteiger partial charge in [0.15, 0.2) is 0 Å². The van der Waals surface area contributed by atoms with E-state index < -0.39 is 66.4 Å². The molecular weight excluding hydrogens is 434 g/mol. The highest BCUT2D eigenvalue weighted by Crippen LogP contribution is 2.66. The van der Waals surface area contributed by atoms with Gasteiger partial charge in [-0.3, -0.25) is 4.79 Å². The molecule has 1 heterocycles. The number of hydrogen-bond donors (Lipinski definition) is 1. The Morgan fingerprint density at radius 3 is 1.76 bits per heavy atom. The van der Waals surface area contributed by atoms with Crippen molar-refractivity contribution in [1.29, 1.82) is 0 Å². The quantitative estimate of drug-likeness (QED) is 0.501. The molecule has 0 saturated carbocycles. The normalized spacial score (nSPS) is 35.8. The summed E-state index contributed by atoms with van der Waals surface area (Å²) in [6.07, 6.45) is -15.2. The highest BCUT2D eigenvalue weighted by molar-refractivity contribution is 5.72. The van der Waals surface area contributed by atoms with Gasteiger partial charge in [0.1, 0.15) is 0 Å². The summed E-state index contributed by atoms with van der Waals surface area (Å²) in [5.41, 5.74) is -10.3. The van der Waals surface area contributed by atoms with Crippen LogP contribution in [0.25, 0.3) is 0 Å². The predicted octanol–water partition coefficient (Wildman–Crippen LogP) is 4.60. The first-order chi connectivity index (χ1) is 12.6. The number of esters is 1. The molecule has 29 heavy (non-hydrogen) atoms. The van der Waals surface area contributed by atoms with Crippen LogP contribution in [-0.4, -0.2) is 52.3 Å². The van der Waals surface area contributed by atoms with Crippen LogP contribution in [0, 0.1) is 5.92 Å². The van der Waals surface area contributed by atoms with E-state index in [0.717, 1.165) is 6.92 Å². The van der Waals surface area contributed by atoms with Crippen molar-refractivity contribution in [2.24, 2.45) is 5.92 Å². The maximum atomic E-state index is 14.9. The average Bonchev–Trinajstić information content (AvgIpc) is 2.54. The van der Waals surface area contributed by atoms with E-state index in [0.29, 0.717) is 6.92 Å². The number of carbonyl (C=O) groups is 1. The van der Waals surface area contributed by atoms with Gasteiger partial charge >= 0.3 is 36.0 Å². The van der Waals surface area contributed by atoms with Gasteiger partial charge < -0.3 is 14.6 Å². The average molecular weight is 452 g/mol. The number of carbonyl (C=O) groups excluding carboxylic acids is 1. The van der Waals surface area contributed by atoms with Gasteiger partial charge in [-0.05, 0) is 19.8 Å². The van der Waals surface area contributed by atoms with Crippen LogP contribution < -0.4 is 0 Å². The van der Waals surface area contributed by atoms with Crippen LogP contribution in [0.2, 0.25) is 0 Å². The first-order valence-electron chi connectivity index (χ1n) is 8.18. The van der Waals surface area contributed by atoms with Gasteiger partial charge in [0.25, 0.3) is 0 Å². The Balaban J connectivity index is 4.00. The number of aliphatic hydroxyl groups is 1. The first-order valence-corrected chi connectivity index (χ1v) is 8.18. The molecule has 0 aromatic rings. The van der Waals surface area contributed by atoms with E-state index in [2.05, 4.69) is 9.47 Å². The van der Waals surface area contributed by atoms with Crippen LogP contribution in [-0.2, 0) is 14.3 Å². The Hall–Kier alpha value is -1.31. The van der Waals surface area contributed by atoms with Gasteiger partial charge in [0.2, 0.25) is 11.2 Å². The molecule has 1 saturated heterocycles. The van der Waals surface area contributed by atoms with E-state index in [1.165, 1.54) is 6.92 Å². The lowest BCUT2D eigenvalue weighted by molar-refractivity contribution is -0.555. The van der Waals surface area contributed by atoms with E-state index in [1.807, 2.05) is 0 Å². The van der Waals surface area contributed by atoms with Gasteiger partial charge in [-0.25, -0.2) is 0 Å². The van der Waals surface area contributed by atoms with Gasteiger partial charge in [-0.15, -0.1) is 0 Å². The molecule has 0 bridgehead atoms. The Morgan fingerprint density at radius 2 is 1.45 bits per heavy atom. The highest BCUT2D eigenvalue weighted by Gasteiger charge is 2.95. The largest absolute Gasteiger partial charge is 0.449 e. The molecule has 0 aliphatic carbocycles. The van der Waals surface area contributed by atoms with E-state index in [-0.39, 0.29) is 6.42 Å². The second kappa shape index (κ2) is 6.86. The molecule has 14 heteroatoms. The fourth-order valence-corrected chi connectivity index (χ4v) is 2.83. The Morgan fingerprint density at radius 1 is 1.00 bits per heavy atom. The molecule has 1 fully saturated rings. The zero-order valence-electron chi connectivity index (χ0n) is 15.4. The summed E-state index contributed by atoms with van der Waals surface area (Å²) < 4.78 is 146. The molecule has 1 N–H and O–H groups in total. The van der Waals surface area contributed by atoms with E-state index in [4.69, 9.17) is 0 Å². The van der Waals surface area contributed by atoms with Crippen LogP contribution in [0.15, 0.2) is 0 Å². The topological polar surface area (TPSA) is 55.8 Å². The van der Waals surface area contributed by atoms with Crippen LogP contribution in [0.1, 0.15) is 40.5 Å². The molecule has 172 valence electrons. The van der Waals surface area contributed by atoms with Crippen LogP contribution >= 0.6 is 0 Å². The lowest BCUT2D eigenvalue weighted by Gasteiger charge is -2.59. The van der Waals surface area contributed by atoms with E-state index >= 15 is 0 Å². The van der Waals surface area contributed by atoms with Crippen LogP contribution in [0.4, 0.5) is 43.9 Å². The molecule has 1 aliphatic rings. The highest BCUT2D eigenvalue weighted by atomic mass is 19.4. The summed E-state index contributed by atoms with van der Waals surface area (Å²) in [6, 6.07) is 0. The summed E-state index contributed by atoms with van der Waals surface area (Å²) in [7, 11) is 0. The van der Waals surface area contributed by atoms with Gasteiger partial charge in [0, 0.05) is 0 Å². The monoisotopic (exact) mass is 452 g/mol. The number of rotatable bonds is 4. The summed E-state index contributed by atoms with van der Waals surface area (Å²) >= 11 is 0. The predicted molar refractivity (Wildman–Crippen MR) is 75.0 cm³/mol. The third kappa shape index (κ3) is 3.08.